The second-order valence-electron chi connectivity index (χ2n) is 6.00. The van der Waals surface area contributed by atoms with Gasteiger partial charge in [-0.2, -0.15) is 5.10 Å². The molecular formula is C18H17N3O3S. The Labute approximate surface area is 148 Å². The van der Waals surface area contributed by atoms with E-state index in [0.717, 1.165) is 23.4 Å². The molecule has 1 atom stereocenters. The monoisotopic (exact) mass is 355 g/mol. The maximum atomic E-state index is 12.5. The number of nitrogens with zero attached hydrogens (tertiary/aromatic N) is 3. The maximum Gasteiger partial charge on any atom is 0.289 e. The van der Waals surface area contributed by atoms with Crippen molar-refractivity contribution in [3.63, 3.8) is 0 Å². The van der Waals surface area contributed by atoms with Gasteiger partial charge in [0.15, 0.2) is 5.76 Å². The molecule has 4 heterocycles. The molecule has 0 aliphatic carbocycles. The van der Waals surface area contributed by atoms with Gasteiger partial charge in [0.25, 0.3) is 11.5 Å². The van der Waals surface area contributed by atoms with Crippen molar-refractivity contribution in [2.75, 3.05) is 13.1 Å². The minimum Gasteiger partial charge on any atom is -0.459 e. The third-order valence-electron chi connectivity index (χ3n) is 4.36. The summed E-state index contributed by atoms with van der Waals surface area (Å²) in [4.78, 5) is 27.6. The van der Waals surface area contributed by atoms with Gasteiger partial charge in [-0.15, -0.1) is 11.3 Å². The number of piperidine rings is 1. The van der Waals surface area contributed by atoms with Crippen molar-refractivity contribution in [1.29, 1.82) is 0 Å². The first kappa shape index (κ1) is 15.8. The fourth-order valence-electron chi connectivity index (χ4n) is 3.14. The predicted octanol–water partition coefficient (Wildman–Crippen LogP) is 3.04. The van der Waals surface area contributed by atoms with Crippen LogP contribution in [0.4, 0.5) is 0 Å². The van der Waals surface area contributed by atoms with Gasteiger partial charge in [0, 0.05) is 19.2 Å². The number of carbonyl (C=O) groups is 1. The zero-order valence-corrected chi connectivity index (χ0v) is 14.3. The van der Waals surface area contributed by atoms with Crippen LogP contribution in [0.15, 0.2) is 57.3 Å². The van der Waals surface area contributed by atoms with Crippen molar-refractivity contribution >= 4 is 17.2 Å². The Hall–Kier alpha value is -2.67. The Morgan fingerprint density at radius 2 is 2.16 bits per heavy atom. The predicted molar refractivity (Wildman–Crippen MR) is 94.7 cm³/mol. The van der Waals surface area contributed by atoms with Gasteiger partial charge in [-0.25, -0.2) is 4.68 Å². The van der Waals surface area contributed by atoms with Crippen LogP contribution in [-0.4, -0.2) is 33.7 Å². The molecule has 3 aromatic rings. The van der Waals surface area contributed by atoms with Crippen molar-refractivity contribution in [3.8, 4) is 10.6 Å². The molecule has 0 radical (unpaired) electrons. The van der Waals surface area contributed by atoms with Crippen molar-refractivity contribution in [2.45, 2.75) is 18.9 Å². The van der Waals surface area contributed by atoms with Crippen molar-refractivity contribution in [3.05, 3.63) is 64.2 Å². The summed E-state index contributed by atoms with van der Waals surface area (Å²) in [5, 5.41) is 6.53. The van der Waals surface area contributed by atoms with Crippen LogP contribution in [0.3, 0.4) is 0 Å². The number of hydrogen-bond donors (Lipinski definition) is 0. The lowest BCUT2D eigenvalue weighted by Gasteiger charge is -2.32. The number of amides is 1. The van der Waals surface area contributed by atoms with Gasteiger partial charge in [-0.1, -0.05) is 6.07 Å². The molecule has 4 rings (SSSR count). The molecule has 1 amide bonds. The largest absolute Gasteiger partial charge is 0.459 e. The Balaban J connectivity index is 1.60. The summed E-state index contributed by atoms with van der Waals surface area (Å²) >= 11 is 1.59. The Bertz CT molecular complexity index is 915. The van der Waals surface area contributed by atoms with Crippen LogP contribution in [0.5, 0.6) is 0 Å². The zero-order valence-electron chi connectivity index (χ0n) is 13.5. The lowest BCUT2D eigenvalue weighted by atomic mass is 10.1. The minimum absolute atomic E-state index is 0.125. The van der Waals surface area contributed by atoms with Gasteiger partial charge >= 0.3 is 0 Å². The molecular weight excluding hydrogens is 338 g/mol. The Morgan fingerprint density at radius 1 is 1.24 bits per heavy atom. The molecule has 0 saturated carbocycles. The highest BCUT2D eigenvalue weighted by molar-refractivity contribution is 7.13. The first-order chi connectivity index (χ1) is 12.2. The molecule has 7 heteroatoms. The fourth-order valence-corrected chi connectivity index (χ4v) is 3.83. The third-order valence-corrected chi connectivity index (χ3v) is 5.25. The average molecular weight is 355 g/mol. The molecule has 25 heavy (non-hydrogen) atoms. The van der Waals surface area contributed by atoms with Crippen molar-refractivity contribution < 1.29 is 9.21 Å². The standard InChI is InChI=1S/C18H17N3O3S/c22-17-8-7-14(16-6-3-11-25-16)19-21(17)13-4-1-9-20(12-13)18(23)15-5-2-10-24-15/h2-3,5-8,10-11,13H,1,4,9,12H2/t13-/m0/s1. The van der Waals surface area contributed by atoms with Gasteiger partial charge in [0.1, 0.15) is 5.69 Å². The summed E-state index contributed by atoms with van der Waals surface area (Å²) in [5.41, 5.74) is 0.640. The van der Waals surface area contributed by atoms with Crippen LogP contribution in [0, 0.1) is 0 Å². The van der Waals surface area contributed by atoms with Gasteiger partial charge in [-0.3, -0.25) is 9.59 Å². The van der Waals surface area contributed by atoms with Crippen LogP contribution in [0.25, 0.3) is 10.6 Å². The van der Waals surface area contributed by atoms with E-state index in [9.17, 15) is 9.59 Å². The molecule has 0 spiro atoms. The number of rotatable bonds is 3. The summed E-state index contributed by atoms with van der Waals surface area (Å²) in [6.45, 7) is 1.12. The molecule has 1 fully saturated rings. The molecule has 1 aliphatic rings. The number of furan rings is 1. The molecule has 0 N–H and O–H groups in total. The number of hydrogen-bond acceptors (Lipinski definition) is 5. The molecule has 0 aromatic carbocycles. The normalized spacial score (nSPS) is 17.6. The molecule has 0 unspecified atom stereocenters. The van der Waals surface area contributed by atoms with Gasteiger partial charge in [0.2, 0.25) is 0 Å². The van der Waals surface area contributed by atoms with Gasteiger partial charge in [0.05, 0.1) is 17.2 Å². The minimum atomic E-state index is -0.142. The first-order valence-corrected chi connectivity index (χ1v) is 9.07. The number of carbonyl (C=O) groups excluding carboxylic acids is 1. The van der Waals surface area contributed by atoms with E-state index in [4.69, 9.17) is 4.42 Å². The highest BCUT2D eigenvalue weighted by Crippen LogP contribution is 2.24. The Morgan fingerprint density at radius 3 is 2.92 bits per heavy atom. The van der Waals surface area contributed by atoms with Crippen LogP contribution < -0.4 is 5.56 Å². The van der Waals surface area contributed by atoms with E-state index in [2.05, 4.69) is 5.10 Å². The summed E-state index contributed by atoms with van der Waals surface area (Å²) < 4.78 is 6.73. The van der Waals surface area contributed by atoms with E-state index < -0.39 is 0 Å². The zero-order chi connectivity index (χ0) is 17.2. The number of aromatic nitrogens is 2. The fraction of sp³-hybridized carbons (Fsp3) is 0.278. The molecule has 1 saturated heterocycles. The van der Waals surface area contributed by atoms with E-state index in [1.807, 2.05) is 17.5 Å². The van der Waals surface area contributed by atoms with E-state index >= 15 is 0 Å². The smallest absolute Gasteiger partial charge is 0.289 e. The first-order valence-electron chi connectivity index (χ1n) is 8.19. The van der Waals surface area contributed by atoms with Crippen LogP contribution in [-0.2, 0) is 0 Å². The SMILES string of the molecule is O=C(c1ccco1)N1CCC[C@H](n2nc(-c3cccs3)ccc2=O)C1. The van der Waals surface area contributed by atoms with Crippen molar-refractivity contribution in [1.82, 2.24) is 14.7 Å². The number of likely N-dealkylation sites (tertiary alicyclic amines) is 1. The lowest BCUT2D eigenvalue weighted by molar-refractivity contribution is 0.0638. The average Bonchev–Trinajstić information content (AvgIpc) is 3.35. The van der Waals surface area contributed by atoms with Crippen LogP contribution >= 0.6 is 11.3 Å². The van der Waals surface area contributed by atoms with E-state index in [-0.39, 0.29) is 17.5 Å². The summed E-state index contributed by atoms with van der Waals surface area (Å²) in [5.74, 6) is 0.186. The summed E-state index contributed by atoms with van der Waals surface area (Å²) in [6, 6.07) is 10.5. The van der Waals surface area contributed by atoms with Crippen LogP contribution in [0.2, 0.25) is 0 Å². The highest BCUT2D eigenvalue weighted by atomic mass is 32.1. The molecule has 3 aromatic heterocycles. The lowest BCUT2D eigenvalue weighted by Crippen LogP contribution is -2.43. The second kappa shape index (κ2) is 6.68. The van der Waals surface area contributed by atoms with E-state index in [1.54, 1.807) is 40.5 Å². The molecule has 128 valence electrons. The quantitative estimate of drug-likeness (QED) is 0.724. The topological polar surface area (TPSA) is 68.3 Å². The second-order valence-corrected chi connectivity index (χ2v) is 6.95. The highest BCUT2D eigenvalue weighted by Gasteiger charge is 2.28. The summed E-state index contributed by atoms with van der Waals surface area (Å²) in [6.07, 6.45) is 3.14. The third kappa shape index (κ3) is 3.15. The van der Waals surface area contributed by atoms with Crippen molar-refractivity contribution in [2.24, 2.45) is 0 Å². The van der Waals surface area contributed by atoms with Gasteiger partial charge in [-0.05, 0) is 42.5 Å². The maximum absolute atomic E-state index is 12.5. The Kier molecular flexibility index (Phi) is 4.23. The van der Waals surface area contributed by atoms with E-state index in [1.165, 1.54) is 10.9 Å². The molecule has 1 aliphatic heterocycles. The van der Waals surface area contributed by atoms with E-state index in [0.29, 0.717) is 18.8 Å². The molecule has 0 bridgehead atoms. The number of thiophene rings is 1. The van der Waals surface area contributed by atoms with Gasteiger partial charge < -0.3 is 9.32 Å². The molecule has 6 nitrogen and oxygen atoms in total. The summed E-state index contributed by atoms with van der Waals surface area (Å²) in [7, 11) is 0. The van der Waals surface area contributed by atoms with Crippen LogP contribution in [0.1, 0.15) is 29.4 Å².